The van der Waals surface area contributed by atoms with Crippen LogP contribution >= 0.6 is 0 Å². The third kappa shape index (κ3) is 2.99. The molecule has 0 heterocycles. The van der Waals surface area contributed by atoms with Gasteiger partial charge in [0.2, 0.25) is 0 Å². The number of rotatable bonds is 4. The van der Waals surface area contributed by atoms with Gasteiger partial charge < -0.3 is 15.2 Å². The molecule has 3 nitrogen and oxygen atoms in total. The van der Waals surface area contributed by atoms with Gasteiger partial charge in [0.15, 0.2) is 0 Å². The van der Waals surface area contributed by atoms with Crippen molar-refractivity contribution >= 4 is 0 Å². The van der Waals surface area contributed by atoms with Crippen LogP contribution in [0.15, 0.2) is 24.3 Å². The molecule has 0 radical (unpaired) electrons. The molecule has 0 spiro atoms. The molecule has 1 aliphatic carbocycles. The Labute approximate surface area is 103 Å². The van der Waals surface area contributed by atoms with Crippen molar-refractivity contribution in [1.29, 1.82) is 0 Å². The first-order valence-corrected chi connectivity index (χ1v) is 6.29. The molecular weight excluding hydrogens is 214 g/mol. The van der Waals surface area contributed by atoms with Gasteiger partial charge in [-0.05, 0) is 43.9 Å². The van der Waals surface area contributed by atoms with Crippen LogP contribution in [0.2, 0.25) is 0 Å². The Morgan fingerprint density at radius 3 is 2.53 bits per heavy atom. The zero-order chi connectivity index (χ0) is 12.3. The number of aliphatic hydroxyl groups excluding tert-OH is 1. The van der Waals surface area contributed by atoms with Crippen molar-refractivity contribution in [1.82, 2.24) is 5.32 Å². The molecule has 1 fully saturated rings. The summed E-state index contributed by atoms with van der Waals surface area (Å²) in [4.78, 5) is 0. The van der Waals surface area contributed by atoms with Crippen LogP contribution in [0.1, 0.15) is 37.8 Å². The maximum absolute atomic E-state index is 9.78. The van der Waals surface area contributed by atoms with Gasteiger partial charge in [-0.2, -0.15) is 0 Å². The number of hydrogen-bond donors (Lipinski definition) is 2. The Hall–Kier alpha value is -1.06. The molecule has 2 N–H and O–H groups in total. The maximum atomic E-state index is 9.78. The third-order valence-electron chi connectivity index (χ3n) is 3.56. The van der Waals surface area contributed by atoms with Gasteiger partial charge in [-0.1, -0.05) is 12.1 Å². The Morgan fingerprint density at radius 1 is 1.29 bits per heavy atom. The molecule has 3 atom stereocenters. The van der Waals surface area contributed by atoms with E-state index in [0.717, 1.165) is 25.0 Å². The minimum Gasteiger partial charge on any atom is -0.497 e. The summed E-state index contributed by atoms with van der Waals surface area (Å²) in [5.74, 6) is 0.877. The molecule has 1 saturated carbocycles. The van der Waals surface area contributed by atoms with E-state index >= 15 is 0 Å². The van der Waals surface area contributed by atoms with Crippen LogP contribution in [0.3, 0.4) is 0 Å². The average molecular weight is 235 g/mol. The molecule has 0 saturated heterocycles. The van der Waals surface area contributed by atoms with Gasteiger partial charge in [-0.15, -0.1) is 0 Å². The van der Waals surface area contributed by atoms with Gasteiger partial charge in [0.05, 0.1) is 13.2 Å². The molecule has 0 bridgehead atoms. The topological polar surface area (TPSA) is 41.5 Å². The number of benzene rings is 1. The summed E-state index contributed by atoms with van der Waals surface area (Å²) >= 11 is 0. The lowest BCUT2D eigenvalue weighted by molar-refractivity contribution is 0.144. The molecule has 0 unspecified atom stereocenters. The van der Waals surface area contributed by atoms with Crippen LogP contribution in [-0.4, -0.2) is 24.4 Å². The number of nitrogens with one attached hydrogen (secondary N) is 1. The van der Waals surface area contributed by atoms with Crippen LogP contribution in [0.5, 0.6) is 5.75 Å². The lowest BCUT2D eigenvalue weighted by Gasteiger charge is -2.22. The molecule has 1 aromatic carbocycles. The van der Waals surface area contributed by atoms with Crippen LogP contribution in [0, 0.1) is 0 Å². The number of hydrogen-bond acceptors (Lipinski definition) is 3. The van der Waals surface area contributed by atoms with Crippen molar-refractivity contribution in [2.45, 2.75) is 44.4 Å². The van der Waals surface area contributed by atoms with E-state index in [4.69, 9.17) is 4.74 Å². The van der Waals surface area contributed by atoms with Gasteiger partial charge in [0.25, 0.3) is 0 Å². The smallest absolute Gasteiger partial charge is 0.118 e. The fraction of sp³-hybridized carbons (Fsp3) is 0.571. The maximum Gasteiger partial charge on any atom is 0.118 e. The fourth-order valence-corrected chi connectivity index (χ4v) is 2.44. The highest BCUT2D eigenvalue weighted by atomic mass is 16.5. The van der Waals surface area contributed by atoms with Gasteiger partial charge >= 0.3 is 0 Å². The Kier molecular flexibility index (Phi) is 4.02. The highest BCUT2D eigenvalue weighted by Gasteiger charge is 2.26. The second-order valence-corrected chi connectivity index (χ2v) is 4.77. The van der Waals surface area contributed by atoms with Crippen molar-refractivity contribution in [2.24, 2.45) is 0 Å². The second kappa shape index (κ2) is 5.52. The third-order valence-corrected chi connectivity index (χ3v) is 3.56. The number of methoxy groups -OCH3 is 1. The molecule has 0 amide bonds. The van der Waals surface area contributed by atoms with Crippen LogP contribution < -0.4 is 10.1 Å². The van der Waals surface area contributed by atoms with Crippen LogP contribution in [0.25, 0.3) is 0 Å². The SMILES string of the molecule is COc1ccc([C@H](C)N[C@@H]2CCC[C@H]2O)cc1. The minimum absolute atomic E-state index is 0.185. The second-order valence-electron chi connectivity index (χ2n) is 4.77. The zero-order valence-corrected chi connectivity index (χ0v) is 10.5. The standard InChI is InChI=1S/C14H21NO2/c1-10(15-13-4-3-5-14(13)16)11-6-8-12(17-2)9-7-11/h6-10,13-16H,3-5H2,1-2H3/t10-,13+,14+/m0/s1. The Balaban J connectivity index is 1.96. The minimum atomic E-state index is -0.185. The average Bonchev–Trinajstić information content (AvgIpc) is 2.75. The quantitative estimate of drug-likeness (QED) is 0.841. The van der Waals surface area contributed by atoms with E-state index in [1.807, 2.05) is 12.1 Å². The summed E-state index contributed by atoms with van der Waals surface area (Å²) < 4.78 is 5.14. The number of aliphatic hydroxyl groups is 1. The molecule has 1 aromatic rings. The Morgan fingerprint density at radius 2 is 2.00 bits per heavy atom. The van der Waals surface area contributed by atoms with Crippen molar-refractivity contribution in [2.75, 3.05) is 7.11 Å². The highest BCUT2D eigenvalue weighted by Crippen LogP contribution is 2.23. The summed E-state index contributed by atoms with van der Waals surface area (Å²) in [5.41, 5.74) is 1.23. The molecule has 2 rings (SSSR count). The van der Waals surface area contributed by atoms with Gasteiger partial charge in [0, 0.05) is 12.1 Å². The zero-order valence-electron chi connectivity index (χ0n) is 10.5. The molecule has 94 valence electrons. The van der Waals surface area contributed by atoms with Crippen molar-refractivity contribution in [3.05, 3.63) is 29.8 Å². The van der Waals surface area contributed by atoms with E-state index in [0.29, 0.717) is 0 Å². The van der Waals surface area contributed by atoms with E-state index in [1.54, 1.807) is 7.11 Å². The molecule has 17 heavy (non-hydrogen) atoms. The first-order chi connectivity index (χ1) is 8.20. The van der Waals surface area contributed by atoms with E-state index in [1.165, 1.54) is 5.56 Å². The summed E-state index contributed by atoms with van der Waals surface area (Å²) in [6.45, 7) is 2.13. The molecule has 3 heteroatoms. The lowest BCUT2D eigenvalue weighted by atomic mass is 10.1. The normalized spacial score (nSPS) is 25.8. The summed E-state index contributed by atoms with van der Waals surface area (Å²) in [7, 11) is 1.67. The van der Waals surface area contributed by atoms with Crippen molar-refractivity contribution in [3.8, 4) is 5.75 Å². The number of ether oxygens (including phenoxy) is 1. The Bertz CT molecular complexity index is 350. The largest absolute Gasteiger partial charge is 0.497 e. The van der Waals surface area contributed by atoms with Crippen molar-refractivity contribution in [3.63, 3.8) is 0 Å². The molecule has 1 aliphatic rings. The summed E-state index contributed by atoms with van der Waals surface area (Å²) in [6, 6.07) is 8.58. The van der Waals surface area contributed by atoms with Crippen molar-refractivity contribution < 1.29 is 9.84 Å². The van der Waals surface area contributed by atoms with E-state index in [-0.39, 0.29) is 18.2 Å². The highest BCUT2D eigenvalue weighted by molar-refractivity contribution is 5.28. The van der Waals surface area contributed by atoms with Crippen LogP contribution in [-0.2, 0) is 0 Å². The summed E-state index contributed by atoms with van der Waals surface area (Å²) in [6.07, 6.45) is 2.93. The predicted molar refractivity (Wildman–Crippen MR) is 68.2 cm³/mol. The summed E-state index contributed by atoms with van der Waals surface area (Å²) in [5, 5.41) is 13.3. The first kappa shape index (κ1) is 12.4. The predicted octanol–water partition coefficient (Wildman–Crippen LogP) is 2.26. The van der Waals surface area contributed by atoms with Crippen LogP contribution in [0.4, 0.5) is 0 Å². The monoisotopic (exact) mass is 235 g/mol. The van der Waals surface area contributed by atoms with Gasteiger partial charge in [-0.3, -0.25) is 0 Å². The van der Waals surface area contributed by atoms with E-state index in [9.17, 15) is 5.11 Å². The van der Waals surface area contributed by atoms with E-state index < -0.39 is 0 Å². The molecule has 0 aromatic heterocycles. The molecule has 0 aliphatic heterocycles. The molecular formula is C14H21NO2. The fourth-order valence-electron chi connectivity index (χ4n) is 2.44. The first-order valence-electron chi connectivity index (χ1n) is 6.29. The van der Waals surface area contributed by atoms with Gasteiger partial charge in [0.1, 0.15) is 5.75 Å². The van der Waals surface area contributed by atoms with Gasteiger partial charge in [-0.25, -0.2) is 0 Å². The lowest BCUT2D eigenvalue weighted by Crippen LogP contribution is -2.37. The van der Waals surface area contributed by atoms with E-state index in [2.05, 4.69) is 24.4 Å².